The van der Waals surface area contributed by atoms with Gasteiger partial charge in [0.25, 0.3) is 0 Å². The minimum absolute atomic E-state index is 0. The standard InChI is InChI=1S/C21H25N3O4.C21H24N2O2.C19H20N2O2.C18H19N3O2.C17H24N2O3.C16H22N2O2.6CH4/c1-23-20(16-8-3-2-4-9-16)24(18(25)10-5-11-19(26)27)17(21(23)28)13-15-7-6-12-22-14-15;1-3-10-19(24)23-18(15-16-11-6-4-7-12-16)21(25)22(2)20(23)17-13-8-5-9-14-17;1-14(22)21-17(13-15-9-5-3-6-10-15)19(23)20(2)18(21)16-11-7-4-8-12-16;1-13(22)21-16(11-14-7-6-10-19-12-14)18(23)20(2)17(21)15-8-4-3-5-9-15;1-11(2)10-15-17(21)18(4)16(19(15)12(3)20)13-6-8-14(22-5)9-7-13;1-11(2)10-14-16(20)17(4)15(18(14)12(3)19)13-8-6-5-7-9-13;;;;;;/h2-4,6-9,12,14,17,19-20,26-27H,5,10-11,13H2,1H3;4-9,11-14,18,20H,3,10,15H2,1-2H3;3-12,17-18H,13H2,1-2H3;3-10,12,16-17H,11H2,1-2H3;6-9,11,15-16H,10H2,1-5H3;5-9,11,14-15H,10H2,1-4H3;6*1H4. The molecule has 29 nitrogen and oxygen atoms in total. The van der Waals surface area contributed by atoms with Gasteiger partial charge in [-0.15, -0.1) is 0 Å². The average molecular weight is 2010 g/mol. The zero-order valence-electron chi connectivity index (χ0n) is 83.5. The summed E-state index contributed by atoms with van der Waals surface area (Å²) >= 11 is 0. The van der Waals surface area contributed by atoms with Crippen LogP contribution in [0, 0.1) is 11.8 Å². The summed E-state index contributed by atoms with van der Waals surface area (Å²) in [4.78, 5) is 180. The Bertz CT molecular complexity index is 5690. The second-order valence-corrected chi connectivity index (χ2v) is 37.1. The number of aliphatic hydroxyl groups is 2. The highest BCUT2D eigenvalue weighted by atomic mass is 16.5. The molecule has 6 aliphatic rings. The first-order valence-corrected chi connectivity index (χ1v) is 48.1. The van der Waals surface area contributed by atoms with Crippen LogP contribution in [-0.2, 0) is 83.2 Å². The van der Waals surface area contributed by atoms with Crippen LogP contribution in [-0.4, -0.2) is 242 Å². The second kappa shape index (κ2) is 57.9. The number of hydrogen-bond donors (Lipinski definition) is 2. The number of nitrogens with zero attached hydrogens (tertiary/aromatic N) is 14. The van der Waals surface area contributed by atoms with Crippen molar-refractivity contribution in [3.63, 3.8) is 0 Å². The number of aliphatic hydroxyl groups excluding tert-OH is 1. The van der Waals surface area contributed by atoms with E-state index in [1.54, 1.807) is 133 Å². The summed E-state index contributed by atoms with van der Waals surface area (Å²) in [7, 11) is 12.2. The molecule has 2 N–H and O–H groups in total. The molecular formula is C118H158N14O15. The molecule has 0 bridgehead atoms. The molecule has 29 heteroatoms. The topological polar surface area (TPSA) is 319 Å². The van der Waals surface area contributed by atoms with Crippen LogP contribution in [0.5, 0.6) is 5.75 Å². The van der Waals surface area contributed by atoms with E-state index in [4.69, 9.17) is 14.9 Å². The molecule has 16 rings (SSSR count). The number of hydrogen-bond acceptors (Lipinski definition) is 17. The fourth-order valence-electron chi connectivity index (χ4n) is 19.5. The van der Waals surface area contributed by atoms with E-state index in [-0.39, 0.29) is 171 Å². The van der Waals surface area contributed by atoms with Crippen molar-refractivity contribution in [1.82, 2.24) is 68.8 Å². The lowest BCUT2D eigenvalue weighted by Gasteiger charge is -2.30. The third kappa shape index (κ3) is 30.1. The first kappa shape index (κ1) is 123. The molecule has 8 aromatic carbocycles. The summed E-state index contributed by atoms with van der Waals surface area (Å²) in [6, 6.07) is 80.2. The molecule has 12 amide bonds. The summed E-state index contributed by atoms with van der Waals surface area (Å²) in [6.45, 7) is 16.4. The first-order chi connectivity index (χ1) is 67.6. The largest absolute Gasteiger partial charge is 0.497 e. The van der Waals surface area contributed by atoms with Crippen molar-refractivity contribution in [2.24, 2.45) is 11.8 Å². The number of aromatic nitrogens is 2. The van der Waals surface area contributed by atoms with E-state index < -0.39 is 36.6 Å². The molecule has 790 valence electrons. The first-order valence-electron chi connectivity index (χ1n) is 48.1. The molecule has 6 saturated heterocycles. The number of ether oxygens (including phenoxy) is 1. The van der Waals surface area contributed by atoms with Crippen LogP contribution in [0.3, 0.4) is 0 Å². The highest BCUT2D eigenvalue weighted by Gasteiger charge is 2.53. The van der Waals surface area contributed by atoms with Crippen molar-refractivity contribution < 1.29 is 72.5 Å². The van der Waals surface area contributed by atoms with Gasteiger partial charge in [0.15, 0.2) is 6.29 Å². The van der Waals surface area contributed by atoms with Crippen molar-refractivity contribution in [3.8, 4) is 5.75 Å². The van der Waals surface area contributed by atoms with Gasteiger partial charge < -0.3 is 73.7 Å². The van der Waals surface area contributed by atoms with Crippen LogP contribution in [0.4, 0.5) is 0 Å². The number of methoxy groups -OCH3 is 1. The van der Waals surface area contributed by atoms with Crippen molar-refractivity contribution in [3.05, 3.63) is 341 Å². The van der Waals surface area contributed by atoms with E-state index >= 15 is 0 Å². The van der Waals surface area contributed by atoms with E-state index in [1.165, 1.54) is 27.7 Å². The molecule has 12 unspecified atom stereocenters. The van der Waals surface area contributed by atoms with Crippen LogP contribution < -0.4 is 4.74 Å². The zero-order chi connectivity index (χ0) is 102. The van der Waals surface area contributed by atoms with E-state index in [1.807, 2.05) is 268 Å². The number of pyridine rings is 2. The lowest BCUT2D eigenvalue weighted by atomic mass is 10.0. The minimum Gasteiger partial charge on any atom is -0.497 e. The Balaban J connectivity index is 0.000000309. The maximum atomic E-state index is 13.1. The van der Waals surface area contributed by atoms with Crippen LogP contribution in [0.1, 0.15) is 244 Å². The molecular weight excluding hydrogens is 1850 g/mol. The van der Waals surface area contributed by atoms with E-state index in [2.05, 4.69) is 37.7 Å². The Kier molecular flexibility index (Phi) is 48.4. The van der Waals surface area contributed by atoms with Gasteiger partial charge in [-0.25, -0.2) is 0 Å². The lowest BCUT2D eigenvalue weighted by Crippen LogP contribution is -2.41. The molecule has 0 saturated carbocycles. The molecule has 0 spiro atoms. The number of carbonyl (C=O) groups is 12. The second-order valence-electron chi connectivity index (χ2n) is 37.1. The minimum atomic E-state index is -1.44. The van der Waals surface area contributed by atoms with Gasteiger partial charge in [0.05, 0.1) is 7.11 Å². The van der Waals surface area contributed by atoms with E-state index in [0.29, 0.717) is 63.2 Å². The van der Waals surface area contributed by atoms with Crippen molar-refractivity contribution in [2.45, 2.75) is 257 Å². The monoisotopic (exact) mass is 2010 g/mol. The van der Waals surface area contributed by atoms with E-state index in [9.17, 15) is 57.5 Å². The Morgan fingerprint density at radius 2 is 0.531 bits per heavy atom. The van der Waals surface area contributed by atoms with Crippen molar-refractivity contribution in [1.29, 1.82) is 0 Å². The van der Waals surface area contributed by atoms with Gasteiger partial charge >= 0.3 is 0 Å². The number of rotatable bonds is 25. The highest BCUT2D eigenvalue weighted by Crippen LogP contribution is 2.43. The predicted molar refractivity (Wildman–Crippen MR) is 577 cm³/mol. The van der Waals surface area contributed by atoms with Gasteiger partial charge in [0.2, 0.25) is 70.9 Å². The Labute approximate surface area is 872 Å². The molecule has 6 aliphatic heterocycles. The summed E-state index contributed by atoms with van der Waals surface area (Å²) in [5.74, 6) is 0.862. The molecule has 8 heterocycles. The number of benzene rings is 8. The van der Waals surface area contributed by atoms with Crippen LogP contribution >= 0.6 is 0 Å². The molecule has 10 aromatic rings. The van der Waals surface area contributed by atoms with Gasteiger partial charge in [-0.05, 0) is 124 Å². The molecule has 2 aromatic heterocycles. The Morgan fingerprint density at radius 1 is 0.306 bits per heavy atom. The van der Waals surface area contributed by atoms with Gasteiger partial charge in [-0.3, -0.25) is 67.5 Å². The summed E-state index contributed by atoms with van der Waals surface area (Å²) in [5.41, 5.74) is 9.56. The van der Waals surface area contributed by atoms with Gasteiger partial charge in [0, 0.05) is 133 Å². The fraction of sp³-hybridized carbons (Fsp3) is 0.407. The molecule has 12 atom stereocenters. The molecule has 0 radical (unpaired) electrons. The number of likely N-dealkylation sites (N-methyl/N-ethyl adjacent to an activating group) is 6. The fourth-order valence-corrected chi connectivity index (χ4v) is 19.5. The Morgan fingerprint density at radius 3 is 0.769 bits per heavy atom. The smallest absolute Gasteiger partial charge is 0.247 e. The molecule has 6 fully saturated rings. The lowest BCUT2D eigenvalue weighted by molar-refractivity contribution is -0.137. The summed E-state index contributed by atoms with van der Waals surface area (Å²) in [5, 5.41) is 18.1. The average Bonchev–Trinajstić information content (AvgIpc) is 1.61. The van der Waals surface area contributed by atoms with Crippen LogP contribution in [0.15, 0.2) is 286 Å². The third-order valence-corrected chi connectivity index (χ3v) is 26.1. The highest BCUT2D eigenvalue weighted by molar-refractivity contribution is 5.95. The zero-order valence-corrected chi connectivity index (χ0v) is 83.5. The quantitative estimate of drug-likeness (QED) is 0.0502. The summed E-state index contributed by atoms with van der Waals surface area (Å²) in [6.07, 6.45) is 8.36. The van der Waals surface area contributed by atoms with Crippen molar-refractivity contribution >= 4 is 70.9 Å². The van der Waals surface area contributed by atoms with Gasteiger partial charge in [0.1, 0.15) is 79.0 Å². The maximum Gasteiger partial charge on any atom is 0.247 e. The molecule has 0 aliphatic carbocycles. The predicted octanol–water partition coefficient (Wildman–Crippen LogP) is 18.2. The molecule has 147 heavy (non-hydrogen) atoms. The van der Waals surface area contributed by atoms with Crippen LogP contribution in [0.2, 0.25) is 0 Å². The Hall–Kier alpha value is -14.6. The van der Waals surface area contributed by atoms with Crippen LogP contribution in [0.25, 0.3) is 0 Å². The normalized spacial score (nSPS) is 20.0. The van der Waals surface area contributed by atoms with E-state index in [0.717, 1.165) is 67.8 Å². The van der Waals surface area contributed by atoms with Gasteiger partial charge in [-0.1, -0.05) is 316 Å². The summed E-state index contributed by atoms with van der Waals surface area (Å²) < 4.78 is 5.17. The number of carbonyl (C=O) groups excluding carboxylic acids is 12. The number of amides is 12. The van der Waals surface area contributed by atoms with Gasteiger partial charge in [-0.2, -0.15) is 0 Å². The third-order valence-electron chi connectivity index (χ3n) is 26.1. The SMILES string of the molecule is C.C.C.C.C.C.CC(=O)N1C(CC(C)C)C(=O)N(C)C1c1ccccc1.CC(=O)N1C(Cc2ccccc2)C(=O)N(C)C1c1ccccc1.CC(=O)N1C(Cc2cccnc2)C(=O)N(C)C1c1ccccc1.CCCC(=O)N1C(Cc2ccccc2)C(=O)N(C)C1c1ccccc1.CN1C(=O)C(Cc2cccnc2)N(C(=O)CCCC(O)O)C1c1ccccc1.COc1ccc(C2N(C)C(=O)C(CC(C)C)N2C(C)=O)cc1. The maximum absolute atomic E-state index is 13.1. The van der Waals surface area contributed by atoms with Crippen molar-refractivity contribution in [2.75, 3.05) is 49.4 Å².